The quantitative estimate of drug-likeness (QED) is 0.550. The number of carbonyl (C=O) groups excluding carboxylic acids is 3. The number of carbonyl (C=O) groups is 3. The van der Waals surface area contributed by atoms with Crippen LogP contribution < -0.4 is 10.1 Å². The third-order valence-electron chi connectivity index (χ3n) is 7.94. The zero-order valence-corrected chi connectivity index (χ0v) is 18.4. The highest BCUT2D eigenvalue weighted by Crippen LogP contribution is 2.65. The second-order valence-corrected chi connectivity index (χ2v) is 9.62. The standard InChI is InChI=1S/C27H26N2O4/c1-33-17-9-7-16(8-10-17)28-25(30)22(13-15-5-3-2-4-6-15)29-26(31)23-18-11-12-19(21-14-20(18)21)24(23)27(29)32/h2-12,18-24H,13-14H2,1H3,(H,28,30). The molecule has 2 bridgehead atoms. The maximum absolute atomic E-state index is 13.7. The minimum absolute atomic E-state index is 0.133. The van der Waals surface area contributed by atoms with Crippen molar-refractivity contribution in [3.05, 3.63) is 72.3 Å². The topological polar surface area (TPSA) is 75.7 Å². The summed E-state index contributed by atoms with van der Waals surface area (Å²) in [6.45, 7) is 0. The van der Waals surface area contributed by atoms with Crippen molar-refractivity contribution in [3.8, 4) is 5.75 Å². The molecule has 7 rings (SSSR count). The lowest BCUT2D eigenvalue weighted by Crippen LogP contribution is -2.49. The lowest BCUT2D eigenvalue weighted by Gasteiger charge is -2.37. The van der Waals surface area contributed by atoms with Crippen LogP contribution in [0.2, 0.25) is 0 Å². The van der Waals surface area contributed by atoms with Gasteiger partial charge < -0.3 is 10.1 Å². The normalized spacial score (nSPS) is 31.7. The largest absolute Gasteiger partial charge is 0.497 e. The highest BCUT2D eigenvalue weighted by atomic mass is 16.5. The minimum atomic E-state index is -0.893. The number of allylic oxidation sites excluding steroid dienone is 2. The molecule has 0 spiro atoms. The molecule has 1 saturated heterocycles. The number of methoxy groups -OCH3 is 1. The summed E-state index contributed by atoms with van der Waals surface area (Å²) >= 11 is 0. The van der Waals surface area contributed by atoms with Gasteiger partial charge in [-0.2, -0.15) is 0 Å². The Morgan fingerprint density at radius 1 is 0.970 bits per heavy atom. The van der Waals surface area contributed by atoms with Crippen molar-refractivity contribution < 1.29 is 19.1 Å². The second kappa shape index (κ2) is 7.58. The van der Waals surface area contributed by atoms with Gasteiger partial charge in [-0.3, -0.25) is 19.3 Å². The van der Waals surface area contributed by atoms with E-state index in [1.54, 1.807) is 31.4 Å². The number of hydrogen-bond donors (Lipinski definition) is 1. The van der Waals surface area contributed by atoms with Crippen LogP contribution in [0.4, 0.5) is 5.69 Å². The Labute approximate surface area is 192 Å². The van der Waals surface area contributed by atoms with Crippen LogP contribution in [0, 0.1) is 35.5 Å². The SMILES string of the molecule is COc1ccc(NC(=O)C(Cc2ccccc2)N2C(=O)C3C4C=CC(C5CC45)C3C2=O)cc1. The van der Waals surface area contributed by atoms with Crippen LogP contribution in [0.3, 0.4) is 0 Å². The molecule has 1 N–H and O–H groups in total. The van der Waals surface area contributed by atoms with Gasteiger partial charge in [-0.15, -0.1) is 0 Å². The first-order chi connectivity index (χ1) is 16.1. The second-order valence-electron chi connectivity index (χ2n) is 9.62. The Morgan fingerprint density at radius 3 is 2.15 bits per heavy atom. The van der Waals surface area contributed by atoms with Crippen LogP contribution in [0.25, 0.3) is 0 Å². The molecule has 1 heterocycles. The van der Waals surface area contributed by atoms with Crippen LogP contribution in [0.5, 0.6) is 5.75 Å². The van der Waals surface area contributed by atoms with E-state index in [0.29, 0.717) is 23.3 Å². The Hall–Kier alpha value is -3.41. The van der Waals surface area contributed by atoms with Crippen molar-refractivity contribution >= 4 is 23.4 Å². The van der Waals surface area contributed by atoms with E-state index >= 15 is 0 Å². The molecule has 7 atom stereocenters. The van der Waals surface area contributed by atoms with Crippen LogP contribution in [-0.2, 0) is 20.8 Å². The molecular weight excluding hydrogens is 416 g/mol. The van der Waals surface area contributed by atoms with Crippen LogP contribution in [0.1, 0.15) is 12.0 Å². The summed E-state index contributed by atoms with van der Waals surface area (Å²) in [5.74, 6) is 0.658. The van der Waals surface area contributed by atoms with Gasteiger partial charge in [-0.25, -0.2) is 0 Å². The smallest absolute Gasteiger partial charge is 0.248 e. The molecule has 5 aliphatic rings. The monoisotopic (exact) mass is 442 g/mol. The van der Waals surface area contributed by atoms with Crippen molar-refractivity contribution in [2.75, 3.05) is 12.4 Å². The molecule has 2 aromatic rings. The number of anilines is 1. The Balaban J connectivity index is 1.31. The molecule has 4 aliphatic carbocycles. The van der Waals surface area contributed by atoms with Gasteiger partial charge in [0.2, 0.25) is 17.7 Å². The van der Waals surface area contributed by atoms with Gasteiger partial charge in [0.05, 0.1) is 18.9 Å². The highest BCUT2D eigenvalue weighted by molar-refractivity contribution is 6.10. The van der Waals surface area contributed by atoms with Gasteiger partial charge in [0.1, 0.15) is 11.8 Å². The fourth-order valence-corrected chi connectivity index (χ4v) is 6.33. The number of nitrogens with zero attached hydrogens (tertiary/aromatic N) is 1. The highest BCUT2D eigenvalue weighted by Gasteiger charge is 2.67. The Morgan fingerprint density at radius 2 is 1.58 bits per heavy atom. The molecule has 7 unspecified atom stereocenters. The van der Waals surface area contributed by atoms with E-state index in [0.717, 1.165) is 12.0 Å². The molecule has 168 valence electrons. The Bertz CT molecular complexity index is 1110. The first kappa shape index (κ1) is 20.2. The summed E-state index contributed by atoms with van der Waals surface area (Å²) in [6, 6.07) is 15.7. The van der Waals surface area contributed by atoms with Gasteiger partial charge in [-0.1, -0.05) is 42.5 Å². The number of amides is 3. The van der Waals surface area contributed by atoms with Crippen LogP contribution in [-0.4, -0.2) is 35.8 Å². The molecule has 3 amide bonds. The van der Waals surface area contributed by atoms with Crippen LogP contribution in [0.15, 0.2) is 66.7 Å². The fraction of sp³-hybridized carbons (Fsp3) is 0.370. The molecule has 0 radical (unpaired) electrons. The zero-order chi connectivity index (χ0) is 22.7. The number of rotatable bonds is 6. The molecule has 6 nitrogen and oxygen atoms in total. The number of hydrogen-bond acceptors (Lipinski definition) is 4. The van der Waals surface area contributed by atoms with Gasteiger partial charge in [0.15, 0.2) is 0 Å². The maximum Gasteiger partial charge on any atom is 0.248 e. The van der Waals surface area contributed by atoms with Crippen molar-refractivity contribution in [2.24, 2.45) is 35.5 Å². The summed E-state index contributed by atoms with van der Waals surface area (Å²) in [5, 5.41) is 2.91. The predicted octanol–water partition coefficient (Wildman–Crippen LogP) is 3.30. The maximum atomic E-state index is 13.7. The summed E-state index contributed by atoms with van der Waals surface area (Å²) in [5.41, 5.74) is 1.50. The van der Waals surface area contributed by atoms with Gasteiger partial charge in [0.25, 0.3) is 0 Å². The summed E-state index contributed by atoms with van der Waals surface area (Å²) < 4.78 is 5.19. The van der Waals surface area contributed by atoms with Gasteiger partial charge in [-0.05, 0) is 59.9 Å². The summed E-state index contributed by atoms with van der Waals surface area (Å²) in [4.78, 5) is 42.1. The predicted molar refractivity (Wildman–Crippen MR) is 122 cm³/mol. The number of likely N-dealkylation sites (tertiary alicyclic amines) is 1. The van der Waals surface area contributed by atoms with Crippen molar-refractivity contribution in [3.63, 3.8) is 0 Å². The average Bonchev–Trinajstić information content (AvgIpc) is 3.62. The number of benzene rings is 2. The van der Waals surface area contributed by atoms with E-state index in [9.17, 15) is 14.4 Å². The summed E-state index contributed by atoms with van der Waals surface area (Å²) in [6.07, 6.45) is 5.70. The third-order valence-corrected chi connectivity index (χ3v) is 7.94. The number of ether oxygens (including phenoxy) is 1. The number of nitrogens with one attached hydrogen (secondary N) is 1. The van der Waals surface area contributed by atoms with E-state index in [2.05, 4.69) is 17.5 Å². The van der Waals surface area contributed by atoms with Crippen molar-refractivity contribution in [1.82, 2.24) is 4.90 Å². The molecular formula is C27H26N2O4. The molecule has 1 aliphatic heterocycles. The van der Waals surface area contributed by atoms with E-state index in [1.807, 2.05) is 30.3 Å². The van der Waals surface area contributed by atoms with Crippen LogP contribution >= 0.6 is 0 Å². The molecule has 33 heavy (non-hydrogen) atoms. The van der Waals surface area contributed by atoms with E-state index in [1.165, 1.54) is 4.90 Å². The summed E-state index contributed by atoms with van der Waals surface area (Å²) in [7, 11) is 1.58. The number of imide groups is 1. The molecule has 6 heteroatoms. The molecule has 2 saturated carbocycles. The minimum Gasteiger partial charge on any atom is -0.497 e. The lowest BCUT2D eigenvalue weighted by molar-refractivity contribution is -0.146. The third kappa shape index (κ3) is 3.19. The van der Waals surface area contributed by atoms with Gasteiger partial charge >= 0.3 is 0 Å². The lowest BCUT2D eigenvalue weighted by atomic mass is 9.63. The fourth-order valence-electron chi connectivity index (χ4n) is 6.33. The molecule has 3 fully saturated rings. The van der Waals surface area contributed by atoms with Gasteiger partial charge in [0, 0.05) is 12.1 Å². The molecule has 0 aromatic heterocycles. The average molecular weight is 443 g/mol. The molecule has 2 aromatic carbocycles. The van der Waals surface area contributed by atoms with E-state index < -0.39 is 6.04 Å². The zero-order valence-electron chi connectivity index (χ0n) is 18.4. The first-order valence-electron chi connectivity index (χ1n) is 11.6. The van der Waals surface area contributed by atoms with E-state index in [-0.39, 0.29) is 47.8 Å². The van der Waals surface area contributed by atoms with E-state index in [4.69, 9.17) is 4.74 Å². The Kier molecular flexibility index (Phi) is 4.64. The first-order valence-corrected chi connectivity index (χ1v) is 11.6. The van der Waals surface area contributed by atoms with Crippen molar-refractivity contribution in [1.29, 1.82) is 0 Å². The van der Waals surface area contributed by atoms with Crippen molar-refractivity contribution in [2.45, 2.75) is 18.9 Å².